The largest absolute Gasteiger partial charge is 0.348 e. The molecule has 1 heterocycles. The standard InChI is InChI=1S/C13H17ClFNO2/c1-13(2)17-8-10(18-13)7-16-6-9-3-4-12(15)11(14)5-9/h3-5,10,16H,6-8H2,1-2H3. The molecule has 0 radical (unpaired) electrons. The minimum Gasteiger partial charge on any atom is -0.348 e. The summed E-state index contributed by atoms with van der Waals surface area (Å²) < 4.78 is 24.1. The first-order chi connectivity index (χ1) is 8.46. The highest BCUT2D eigenvalue weighted by Gasteiger charge is 2.32. The van der Waals surface area contributed by atoms with Crippen molar-refractivity contribution in [2.75, 3.05) is 13.2 Å². The van der Waals surface area contributed by atoms with Crippen molar-refractivity contribution in [1.29, 1.82) is 0 Å². The van der Waals surface area contributed by atoms with E-state index in [9.17, 15) is 4.39 Å². The smallest absolute Gasteiger partial charge is 0.163 e. The number of rotatable bonds is 4. The minimum atomic E-state index is -0.495. The molecule has 1 aromatic rings. The first kappa shape index (κ1) is 13.7. The summed E-state index contributed by atoms with van der Waals surface area (Å²) in [5.41, 5.74) is 0.944. The maximum Gasteiger partial charge on any atom is 0.163 e. The Kier molecular flexibility index (Phi) is 4.22. The molecule has 5 heteroatoms. The van der Waals surface area contributed by atoms with Crippen molar-refractivity contribution in [3.8, 4) is 0 Å². The van der Waals surface area contributed by atoms with Gasteiger partial charge in [-0.15, -0.1) is 0 Å². The molecule has 1 fully saturated rings. The van der Waals surface area contributed by atoms with E-state index in [2.05, 4.69) is 5.32 Å². The van der Waals surface area contributed by atoms with Crippen molar-refractivity contribution in [1.82, 2.24) is 5.32 Å². The highest BCUT2D eigenvalue weighted by molar-refractivity contribution is 6.30. The van der Waals surface area contributed by atoms with Crippen LogP contribution in [0.2, 0.25) is 5.02 Å². The normalized spacial score (nSPS) is 22.3. The Labute approximate surface area is 111 Å². The highest BCUT2D eigenvalue weighted by Crippen LogP contribution is 2.21. The quantitative estimate of drug-likeness (QED) is 0.915. The molecule has 3 nitrogen and oxygen atoms in total. The lowest BCUT2D eigenvalue weighted by Gasteiger charge is -2.17. The van der Waals surface area contributed by atoms with Gasteiger partial charge in [0.1, 0.15) is 5.82 Å². The Bertz CT molecular complexity index is 425. The van der Waals surface area contributed by atoms with E-state index in [-0.39, 0.29) is 11.1 Å². The van der Waals surface area contributed by atoms with Crippen molar-refractivity contribution in [2.45, 2.75) is 32.3 Å². The number of benzene rings is 1. The van der Waals surface area contributed by atoms with Crippen LogP contribution in [0.5, 0.6) is 0 Å². The van der Waals surface area contributed by atoms with E-state index >= 15 is 0 Å². The first-order valence-corrected chi connectivity index (χ1v) is 6.30. The number of hydrogen-bond acceptors (Lipinski definition) is 3. The topological polar surface area (TPSA) is 30.5 Å². The van der Waals surface area contributed by atoms with Gasteiger partial charge in [0.25, 0.3) is 0 Å². The lowest BCUT2D eigenvalue weighted by molar-refractivity contribution is -0.137. The molecule has 0 bridgehead atoms. The minimum absolute atomic E-state index is 0.0518. The molecule has 1 saturated heterocycles. The summed E-state index contributed by atoms with van der Waals surface area (Å²) in [5.74, 6) is -0.888. The van der Waals surface area contributed by atoms with Gasteiger partial charge in [0.2, 0.25) is 0 Å². The summed E-state index contributed by atoms with van der Waals surface area (Å²) >= 11 is 5.71. The monoisotopic (exact) mass is 273 g/mol. The molecule has 2 rings (SSSR count). The molecule has 0 amide bonds. The third kappa shape index (κ3) is 3.65. The third-order valence-electron chi connectivity index (χ3n) is 2.75. The highest BCUT2D eigenvalue weighted by atomic mass is 35.5. The van der Waals surface area contributed by atoms with E-state index in [4.69, 9.17) is 21.1 Å². The number of nitrogens with one attached hydrogen (secondary N) is 1. The lowest BCUT2D eigenvalue weighted by atomic mass is 10.2. The summed E-state index contributed by atoms with van der Waals surface area (Å²) in [5, 5.41) is 3.39. The summed E-state index contributed by atoms with van der Waals surface area (Å²) in [7, 11) is 0. The average molecular weight is 274 g/mol. The Morgan fingerprint density at radius 3 is 2.89 bits per heavy atom. The van der Waals surface area contributed by atoms with Crippen molar-refractivity contribution < 1.29 is 13.9 Å². The Morgan fingerprint density at radius 2 is 2.28 bits per heavy atom. The van der Waals surface area contributed by atoms with Gasteiger partial charge in [-0.05, 0) is 31.5 Å². The van der Waals surface area contributed by atoms with Crippen molar-refractivity contribution in [2.24, 2.45) is 0 Å². The third-order valence-corrected chi connectivity index (χ3v) is 3.04. The van der Waals surface area contributed by atoms with Gasteiger partial charge >= 0.3 is 0 Å². The van der Waals surface area contributed by atoms with Crippen LogP contribution in [0, 0.1) is 5.82 Å². The van der Waals surface area contributed by atoms with Gasteiger partial charge in [-0.1, -0.05) is 17.7 Å². The maximum atomic E-state index is 13.0. The molecule has 0 aromatic heterocycles. The van der Waals surface area contributed by atoms with Crippen molar-refractivity contribution >= 4 is 11.6 Å². The predicted molar refractivity (Wildman–Crippen MR) is 68.0 cm³/mol. The molecule has 1 N–H and O–H groups in total. The molecule has 0 aliphatic carbocycles. The number of halogens is 2. The molecule has 0 spiro atoms. The summed E-state index contributed by atoms with van der Waals surface area (Å²) in [4.78, 5) is 0. The van der Waals surface area contributed by atoms with Crippen LogP contribution in [-0.2, 0) is 16.0 Å². The van der Waals surface area contributed by atoms with Crippen LogP contribution in [0.15, 0.2) is 18.2 Å². The maximum absolute atomic E-state index is 13.0. The first-order valence-electron chi connectivity index (χ1n) is 5.93. The van der Waals surface area contributed by atoms with E-state index in [1.54, 1.807) is 12.1 Å². The van der Waals surface area contributed by atoms with Gasteiger partial charge in [-0.2, -0.15) is 0 Å². The molecule has 1 aromatic carbocycles. The fourth-order valence-electron chi connectivity index (χ4n) is 1.89. The summed E-state index contributed by atoms with van der Waals surface area (Å²) in [6.45, 7) is 5.70. The molecule has 0 saturated carbocycles. The van der Waals surface area contributed by atoms with Crippen LogP contribution in [0.4, 0.5) is 4.39 Å². The average Bonchev–Trinajstić information content (AvgIpc) is 2.63. The molecule has 100 valence electrons. The molecule has 1 unspecified atom stereocenters. The molecular formula is C13H17ClFNO2. The molecule has 1 aliphatic rings. The second kappa shape index (κ2) is 5.53. The number of ether oxygens (including phenoxy) is 2. The molecule has 18 heavy (non-hydrogen) atoms. The second-order valence-corrected chi connectivity index (χ2v) is 5.24. The van der Waals surface area contributed by atoms with Crippen LogP contribution in [0.1, 0.15) is 19.4 Å². The van der Waals surface area contributed by atoms with Gasteiger partial charge in [0.15, 0.2) is 5.79 Å². The Morgan fingerprint density at radius 1 is 1.50 bits per heavy atom. The van der Waals surface area contributed by atoms with E-state index in [1.807, 2.05) is 13.8 Å². The SMILES string of the molecule is CC1(C)OCC(CNCc2ccc(F)c(Cl)c2)O1. The van der Waals surface area contributed by atoms with Crippen LogP contribution in [0.3, 0.4) is 0 Å². The zero-order chi connectivity index (χ0) is 13.2. The molecular weight excluding hydrogens is 257 g/mol. The van der Waals surface area contributed by atoms with E-state index in [1.165, 1.54) is 6.07 Å². The fourth-order valence-corrected chi connectivity index (χ4v) is 2.09. The van der Waals surface area contributed by atoms with Crippen LogP contribution < -0.4 is 5.32 Å². The van der Waals surface area contributed by atoms with Gasteiger partial charge in [-0.25, -0.2) is 4.39 Å². The van der Waals surface area contributed by atoms with Gasteiger partial charge in [0.05, 0.1) is 17.7 Å². The van der Waals surface area contributed by atoms with E-state index in [0.717, 1.165) is 5.56 Å². The number of hydrogen-bond donors (Lipinski definition) is 1. The fraction of sp³-hybridized carbons (Fsp3) is 0.538. The van der Waals surface area contributed by atoms with Crippen molar-refractivity contribution in [3.05, 3.63) is 34.6 Å². The lowest BCUT2D eigenvalue weighted by Crippen LogP contribution is -2.30. The van der Waals surface area contributed by atoms with Crippen molar-refractivity contribution in [3.63, 3.8) is 0 Å². The van der Waals surface area contributed by atoms with Crippen LogP contribution in [-0.4, -0.2) is 25.0 Å². The van der Waals surface area contributed by atoms with Gasteiger partial charge in [-0.3, -0.25) is 0 Å². The van der Waals surface area contributed by atoms with Gasteiger partial charge in [0, 0.05) is 13.1 Å². The van der Waals surface area contributed by atoms with Gasteiger partial charge < -0.3 is 14.8 Å². The van der Waals surface area contributed by atoms with E-state index in [0.29, 0.717) is 19.7 Å². The second-order valence-electron chi connectivity index (χ2n) is 4.83. The zero-order valence-electron chi connectivity index (χ0n) is 10.5. The predicted octanol–water partition coefficient (Wildman–Crippen LogP) is 2.72. The summed E-state index contributed by atoms with van der Waals surface area (Å²) in [6.07, 6.45) is 0.0518. The molecule has 1 atom stereocenters. The Hall–Kier alpha value is -0.680. The van der Waals surface area contributed by atoms with Crippen LogP contribution >= 0.6 is 11.6 Å². The van der Waals surface area contributed by atoms with E-state index < -0.39 is 11.6 Å². The van der Waals surface area contributed by atoms with Crippen LogP contribution in [0.25, 0.3) is 0 Å². The summed E-state index contributed by atoms with van der Waals surface area (Å²) in [6, 6.07) is 4.71. The Balaban J connectivity index is 1.77. The zero-order valence-corrected chi connectivity index (χ0v) is 11.3. The molecule has 1 aliphatic heterocycles.